The number of nitrogens with two attached hydrogens (primary N) is 1. The fourth-order valence-electron chi connectivity index (χ4n) is 1.45. The van der Waals surface area contributed by atoms with Crippen molar-refractivity contribution < 1.29 is 4.79 Å². The summed E-state index contributed by atoms with van der Waals surface area (Å²) in [6, 6.07) is 5.13. The summed E-state index contributed by atoms with van der Waals surface area (Å²) in [5, 5.41) is 5.74. The minimum atomic E-state index is -0.153. The van der Waals surface area contributed by atoms with Gasteiger partial charge < -0.3 is 11.1 Å². The summed E-state index contributed by atoms with van der Waals surface area (Å²) >= 11 is 4.86. The normalized spacial score (nSPS) is 10.3. The molecule has 2 aromatic rings. The van der Waals surface area contributed by atoms with E-state index in [0.717, 1.165) is 15.2 Å². The van der Waals surface area contributed by atoms with E-state index in [2.05, 4.69) is 26.2 Å². The van der Waals surface area contributed by atoms with Crippen LogP contribution in [0, 0.1) is 6.92 Å². The second-order valence-electron chi connectivity index (χ2n) is 3.78. The van der Waals surface area contributed by atoms with Crippen LogP contribution in [-0.2, 0) is 6.54 Å². The maximum atomic E-state index is 11.9. The number of aryl methyl sites for hydroxylation is 1. The van der Waals surface area contributed by atoms with Gasteiger partial charge in [-0.1, -0.05) is 0 Å². The van der Waals surface area contributed by atoms with Gasteiger partial charge in [-0.05, 0) is 41.1 Å². The number of hydrogen-bond donors (Lipinski definition) is 2. The summed E-state index contributed by atoms with van der Waals surface area (Å²) in [5.41, 5.74) is 7.70. The Hall–Kier alpha value is -1.40. The molecule has 1 amide bonds. The first-order valence-electron chi connectivity index (χ1n) is 5.30. The highest BCUT2D eigenvalue weighted by molar-refractivity contribution is 9.10. The van der Waals surface area contributed by atoms with E-state index in [9.17, 15) is 4.79 Å². The Balaban J connectivity index is 2.01. The molecular formula is C12H12BrN3OS. The first-order chi connectivity index (χ1) is 8.56. The van der Waals surface area contributed by atoms with Gasteiger partial charge in [-0.25, -0.2) is 4.98 Å². The fourth-order valence-corrected chi connectivity index (χ4v) is 2.31. The number of carbonyl (C=O) groups is 1. The van der Waals surface area contributed by atoms with Crippen LogP contribution in [0.4, 0.5) is 5.69 Å². The predicted octanol–water partition coefficient (Wildman–Crippen LogP) is 2.73. The molecule has 0 saturated carbocycles. The van der Waals surface area contributed by atoms with Gasteiger partial charge in [0, 0.05) is 21.1 Å². The molecule has 0 spiro atoms. The Labute approximate surface area is 117 Å². The van der Waals surface area contributed by atoms with Crippen molar-refractivity contribution in [2.75, 3.05) is 5.73 Å². The first-order valence-corrected chi connectivity index (χ1v) is 6.98. The summed E-state index contributed by atoms with van der Waals surface area (Å²) in [4.78, 5) is 16.2. The number of nitrogens with one attached hydrogen (secondary N) is 1. The lowest BCUT2D eigenvalue weighted by Gasteiger charge is -2.05. The molecular weight excluding hydrogens is 314 g/mol. The Kier molecular flexibility index (Phi) is 3.98. The molecule has 0 aliphatic heterocycles. The Morgan fingerprint density at radius 1 is 1.56 bits per heavy atom. The average molecular weight is 326 g/mol. The van der Waals surface area contributed by atoms with E-state index >= 15 is 0 Å². The SMILES string of the molecule is Cc1nc(CNC(=O)c2ccc(Br)c(N)c2)cs1. The van der Waals surface area contributed by atoms with E-state index < -0.39 is 0 Å². The number of aromatic nitrogens is 1. The van der Waals surface area contributed by atoms with Crippen molar-refractivity contribution >= 4 is 38.9 Å². The molecule has 3 N–H and O–H groups in total. The van der Waals surface area contributed by atoms with Crippen LogP contribution in [-0.4, -0.2) is 10.9 Å². The van der Waals surface area contributed by atoms with Crippen molar-refractivity contribution in [3.05, 3.63) is 44.3 Å². The number of halogens is 1. The van der Waals surface area contributed by atoms with Crippen LogP contribution in [0.2, 0.25) is 0 Å². The summed E-state index contributed by atoms with van der Waals surface area (Å²) in [5.74, 6) is -0.153. The zero-order chi connectivity index (χ0) is 13.1. The lowest BCUT2D eigenvalue weighted by molar-refractivity contribution is 0.0950. The number of carbonyl (C=O) groups excluding carboxylic acids is 1. The number of rotatable bonds is 3. The molecule has 0 unspecified atom stereocenters. The quantitative estimate of drug-likeness (QED) is 0.852. The van der Waals surface area contributed by atoms with Gasteiger partial charge in [-0.15, -0.1) is 11.3 Å². The van der Waals surface area contributed by atoms with Gasteiger partial charge in [0.25, 0.3) is 5.91 Å². The molecule has 0 atom stereocenters. The summed E-state index contributed by atoms with van der Waals surface area (Å²) in [7, 11) is 0. The largest absolute Gasteiger partial charge is 0.398 e. The number of nitrogens with zero attached hydrogens (tertiary/aromatic N) is 1. The van der Waals surface area contributed by atoms with Crippen LogP contribution in [0.5, 0.6) is 0 Å². The van der Waals surface area contributed by atoms with E-state index in [4.69, 9.17) is 5.73 Å². The standard InChI is InChI=1S/C12H12BrN3OS/c1-7-16-9(6-18-7)5-15-12(17)8-2-3-10(13)11(14)4-8/h2-4,6H,5,14H2,1H3,(H,15,17). The molecule has 94 valence electrons. The van der Waals surface area contributed by atoms with Crippen molar-refractivity contribution in [2.24, 2.45) is 0 Å². The van der Waals surface area contributed by atoms with Gasteiger partial charge in [0.1, 0.15) is 0 Å². The van der Waals surface area contributed by atoms with Crippen LogP contribution in [0.15, 0.2) is 28.1 Å². The molecule has 1 heterocycles. The second kappa shape index (κ2) is 5.49. The average Bonchev–Trinajstić information content (AvgIpc) is 2.75. The molecule has 18 heavy (non-hydrogen) atoms. The van der Waals surface area contributed by atoms with Crippen LogP contribution >= 0.6 is 27.3 Å². The lowest BCUT2D eigenvalue weighted by atomic mass is 10.2. The van der Waals surface area contributed by atoms with Crippen molar-refractivity contribution in [3.63, 3.8) is 0 Å². The van der Waals surface area contributed by atoms with Crippen LogP contribution in [0.3, 0.4) is 0 Å². The van der Waals surface area contributed by atoms with E-state index in [1.807, 2.05) is 12.3 Å². The second-order valence-corrected chi connectivity index (χ2v) is 5.69. The third kappa shape index (κ3) is 3.08. The Morgan fingerprint density at radius 2 is 2.33 bits per heavy atom. The van der Waals surface area contributed by atoms with E-state index in [-0.39, 0.29) is 5.91 Å². The number of thiazole rings is 1. The van der Waals surface area contributed by atoms with Gasteiger partial charge in [0.15, 0.2) is 0 Å². The number of anilines is 1. The van der Waals surface area contributed by atoms with Gasteiger partial charge >= 0.3 is 0 Å². The van der Waals surface area contributed by atoms with Crippen molar-refractivity contribution in [1.82, 2.24) is 10.3 Å². The fraction of sp³-hybridized carbons (Fsp3) is 0.167. The Morgan fingerprint density at radius 3 is 2.94 bits per heavy atom. The van der Waals surface area contributed by atoms with Crippen LogP contribution in [0.25, 0.3) is 0 Å². The smallest absolute Gasteiger partial charge is 0.251 e. The highest BCUT2D eigenvalue weighted by Crippen LogP contribution is 2.20. The zero-order valence-electron chi connectivity index (χ0n) is 9.74. The third-order valence-corrected chi connectivity index (χ3v) is 3.90. The first kappa shape index (κ1) is 13.0. The van der Waals surface area contributed by atoms with E-state index in [1.54, 1.807) is 29.5 Å². The van der Waals surface area contributed by atoms with Crippen molar-refractivity contribution in [2.45, 2.75) is 13.5 Å². The van der Waals surface area contributed by atoms with Crippen LogP contribution < -0.4 is 11.1 Å². The summed E-state index contributed by atoms with van der Waals surface area (Å²) in [6.45, 7) is 2.37. The monoisotopic (exact) mass is 325 g/mol. The number of benzene rings is 1. The molecule has 6 heteroatoms. The molecule has 1 aromatic heterocycles. The van der Waals surface area contributed by atoms with Crippen LogP contribution in [0.1, 0.15) is 21.1 Å². The number of nitrogen functional groups attached to an aromatic ring is 1. The zero-order valence-corrected chi connectivity index (χ0v) is 12.1. The molecule has 0 radical (unpaired) electrons. The van der Waals surface area contributed by atoms with E-state index in [0.29, 0.717) is 17.8 Å². The van der Waals surface area contributed by atoms with Gasteiger partial charge in [-0.2, -0.15) is 0 Å². The summed E-state index contributed by atoms with van der Waals surface area (Å²) in [6.07, 6.45) is 0. The molecule has 1 aromatic carbocycles. The lowest BCUT2D eigenvalue weighted by Crippen LogP contribution is -2.23. The topological polar surface area (TPSA) is 68.0 Å². The molecule has 0 aliphatic rings. The van der Waals surface area contributed by atoms with Gasteiger partial charge in [-0.3, -0.25) is 4.79 Å². The molecule has 0 saturated heterocycles. The van der Waals surface area contributed by atoms with Crippen molar-refractivity contribution in [1.29, 1.82) is 0 Å². The maximum absolute atomic E-state index is 11.9. The van der Waals surface area contributed by atoms with Crippen molar-refractivity contribution in [3.8, 4) is 0 Å². The maximum Gasteiger partial charge on any atom is 0.251 e. The minimum absolute atomic E-state index is 0.153. The molecule has 2 rings (SSSR count). The molecule has 4 nitrogen and oxygen atoms in total. The number of hydrogen-bond acceptors (Lipinski definition) is 4. The number of amides is 1. The summed E-state index contributed by atoms with van der Waals surface area (Å²) < 4.78 is 0.786. The Bertz CT molecular complexity index is 582. The minimum Gasteiger partial charge on any atom is -0.398 e. The van der Waals surface area contributed by atoms with Gasteiger partial charge in [0.2, 0.25) is 0 Å². The highest BCUT2D eigenvalue weighted by atomic mass is 79.9. The molecule has 0 bridgehead atoms. The third-order valence-electron chi connectivity index (χ3n) is 2.35. The highest BCUT2D eigenvalue weighted by Gasteiger charge is 2.08. The molecule has 0 fully saturated rings. The predicted molar refractivity (Wildman–Crippen MR) is 76.6 cm³/mol. The van der Waals surface area contributed by atoms with Gasteiger partial charge in [0.05, 0.1) is 17.2 Å². The van der Waals surface area contributed by atoms with E-state index in [1.165, 1.54) is 0 Å². The molecule has 0 aliphatic carbocycles.